The third-order valence-electron chi connectivity index (χ3n) is 1.02. The molecule has 3 N–H and O–H groups in total. The minimum Gasteiger partial charge on any atom is -0.396 e. The molecule has 5 heteroatoms. The van der Waals surface area contributed by atoms with Crippen molar-refractivity contribution in [3.63, 3.8) is 0 Å². The van der Waals surface area contributed by atoms with Crippen LogP contribution in [0.5, 0.6) is 0 Å². The van der Waals surface area contributed by atoms with Crippen molar-refractivity contribution in [2.24, 2.45) is 5.73 Å². The van der Waals surface area contributed by atoms with E-state index in [4.69, 9.17) is 15.4 Å². The zero-order valence-electron chi connectivity index (χ0n) is 5.45. The average Bonchev–Trinajstić information content (AvgIpc) is 2.37. The van der Waals surface area contributed by atoms with Crippen LogP contribution in [-0.4, -0.2) is 21.9 Å². The highest BCUT2D eigenvalue weighted by molar-refractivity contribution is 4.84. The van der Waals surface area contributed by atoms with Gasteiger partial charge in [0.05, 0.1) is 19.6 Å². The summed E-state index contributed by atoms with van der Waals surface area (Å²) in [5, 5.41) is 12.0. The first-order valence-corrected chi connectivity index (χ1v) is 2.99. The number of hydrogen-bond acceptors (Lipinski definition) is 5. The van der Waals surface area contributed by atoms with E-state index < -0.39 is 0 Å². The van der Waals surface area contributed by atoms with Crippen molar-refractivity contribution >= 4 is 0 Å². The Morgan fingerprint density at radius 1 is 1.60 bits per heavy atom. The fourth-order valence-electron chi connectivity index (χ4n) is 0.570. The molecule has 10 heavy (non-hydrogen) atoms. The van der Waals surface area contributed by atoms with Gasteiger partial charge in [-0.25, -0.2) is 0 Å². The van der Waals surface area contributed by atoms with Crippen LogP contribution < -0.4 is 5.73 Å². The highest BCUT2D eigenvalue weighted by atomic mass is 16.5. The van der Waals surface area contributed by atoms with Crippen LogP contribution in [0, 0.1) is 0 Å². The molecule has 0 unspecified atom stereocenters. The summed E-state index contributed by atoms with van der Waals surface area (Å²) in [5.41, 5.74) is 5.21. The number of nitrogens with zero attached hydrogens (tertiary/aromatic N) is 2. The van der Waals surface area contributed by atoms with Crippen LogP contribution in [-0.2, 0) is 13.0 Å². The maximum atomic E-state index is 8.44. The Morgan fingerprint density at radius 2 is 2.40 bits per heavy atom. The molecule has 1 aromatic rings. The van der Waals surface area contributed by atoms with Gasteiger partial charge in [0.1, 0.15) is 0 Å². The van der Waals surface area contributed by atoms with Gasteiger partial charge in [-0.3, -0.25) is 0 Å². The molecule has 0 bridgehead atoms. The third kappa shape index (κ3) is 1.52. The lowest BCUT2D eigenvalue weighted by Crippen LogP contribution is -1.98. The van der Waals surface area contributed by atoms with Crippen molar-refractivity contribution in [3.05, 3.63) is 11.7 Å². The van der Waals surface area contributed by atoms with Gasteiger partial charge >= 0.3 is 0 Å². The molecular weight excluding hydrogens is 134 g/mol. The summed E-state index contributed by atoms with van der Waals surface area (Å²) >= 11 is 0. The van der Waals surface area contributed by atoms with E-state index in [0.29, 0.717) is 18.1 Å². The monoisotopic (exact) mass is 143 g/mol. The van der Waals surface area contributed by atoms with Gasteiger partial charge in [0.2, 0.25) is 5.89 Å². The van der Waals surface area contributed by atoms with Crippen LogP contribution in [0.3, 0.4) is 0 Å². The second kappa shape index (κ2) is 3.28. The minimum atomic E-state index is 0.0200. The average molecular weight is 143 g/mol. The van der Waals surface area contributed by atoms with Gasteiger partial charge in [0.15, 0.2) is 5.82 Å². The second-order valence-corrected chi connectivity index (χ2v) is 1.78. The van der Waals surface area contributed by atoms with Gasteiger partial charge in [0, 0.05) is 0 Å². The number of rotatable bonds is 3. The molecule has 0 saturated heterocycles. The van der Waals surface area contributed by atoms with Crippen LogP contribution >= 0.6 is 0 Å². The molecule has 1 rings (SSSR count). The zero-order valence-corrected chi connectivity index (χ0v) is 5.45. The van der Waals surface area contributed by atoms with E-state index in [2.05, 4.69) is 10.1 Å². The van der Waals surface area contributed by atoms with Gasteiger partial charge in [-0.1, -0.05) is 5.16 Å². The highest BCUT2D eigenvalue weighted by Crippen LogP contribution is 1.95. The zero-order chi connectivity index (χ0) is 7.40. The van der Waals surface area contributed by atoms with Crippen molar-refractivity contribution in [1.29, 1.82) is 0 Å². The molecular formula is C5H9N3O2. The summed E-state index contributed by atoms with van der Waals surface area (Å²) in [7, 11) is 0. The molecule has 5 nitrogen and oxygen atoms in total. The summed E-state index contributed by atoms with van der Waals surface area (Å²) in [5.74, 6) is 0.909. The largest absolute Gasteiger partial charge is 0.396 e. The predicted molar refractivity (Wildman–Crippen MR) is 33.0 cm³/mol. The van der Waals surface area contributed by atoms with Crippen LogP contribution in [0.4, 0.5) is 0 Å². The van der Waals surface area contributed by atoms with E-state index in [1.807, 2.05) is 0 Å². The van der Waals surface area contributed by atoms with Crippen LogP contribution in [0.2, 0.25) is 0 Å². The summed E-state index contributed by atoms with van der Waals surface area (Å²) < 4.78 is 4.69. The lowest BCUT2D eigenvalue weighted by Gasteiger charge is -1.82. The summed E-state index contributed by atoms with van der Waals surface area (Å²) in [6, 6.07) is 0. The Labute approximate surface area is 57.8 Å². The first kappa shape index (κ1) is 7.17. The molecule has 0 aliphatic carbocycles. The molecule has 0 radical (unpaired) electrons. The van der Waals surface area contributed by atoms with E-state index in [1.54, 1.807) is 0 Å². The van der Waals surface area contributed by atoms with Crippen LogP contribution in [0.25, 0.3) is 0 Å². The molecule has 0 amide bonds. The normalized spacial score (nSPS) is 10.2. The number of nitrogens with two attached hydrogens (primary N) is 1. The first-order valence-electron chi connectivity index (χ1n) is 2.99. The maximum Gasteiger partial charge on any atom is 0.229 e. The SMILES string of the molecule is NCc1noc(CCO)n1. The van der Waals surface area contributed by atoms with Gasteiger partial charge in [-0.2, -0.15) is 4.98 Å². The standard InChI is InChI=1S/C5H9N3O2/c6-3-4-7-5(1-2-9)10-8-4/h9H,1-3,6H2. The number of aliphatic hydroxyl groups excluding tert-OH is 1. The predicted octanol–water partition coefficient (Wildman–Crippen LogP) is -0.937. The number of aromatic nitrogens is 2. The Bertz CT molecular complexity index is 199. The van der Waals surface area contributed by atoms with Crippen molar-refractivity contribution < 1.29 is 9.63 Å². The van der Waals surface area contributed by atoms with Crippen LogP contribution in [0.15, 0.2) is 4.52 Å². The topological polar surface area (TPSA) is 85.2 Å². The van der Waals surface area contributed by atoms with Crippen molar-refractivity contribution in [2.75, 3.05) is 6.61 Å². The van der Waals surface area contributed by atoms with Gasteiger partial charge < -0.3 is 15.4 Å². The van der Waals surface area contributed by atoms with Crippen LogP contribution in [0.1, 0.15) is 11.7 Å². The first-order chi connectivity index (χ1) is 4.86. The van der Waals surface area contributed by atoms with Crippen molar-refractivity contribution in [1.82, 2.24) is 10.1 Å². The molecule has 1 heterocycles. The van der Waals surface area contributed by atoms with E-state index in [0.717, 1.165) is 0 Å². The summed E-state index contributed by atoms with van der Waals surface area (Å²) in [4.78, 5) is 3.86. The molecule has 0 saturated carbocycles. The second-order valence-electron chi connectivity index (χ2n) is 1.78. The summed E-state index contributed by atoms with van der Waals surface area (Å²) in [6.07, 6.45) is 0.396. The fraction of sp³-hybridized carbons (Fsp3) is 0.600. The lowest BCUT2D eigenvalue weighted by molar-refractivity contribution is 0.274. The molecule has 1 aromatic heterocycles. The molecule has 0 fully saturated rings. The molecule has 56 valence electrons. The molecule has 0 aromatic carbocycles. The third-order valence-corrected chi connectivity index (χ3v) is 1.02. The van der Waals surface area contributed by atoms with E-state index in [9.17, 15) is 0 Å². The molecule has 0 aliphatic heterocycles. The number of hydrogen-bond donors (Lipinski definition) is 2. The Kier molecular flexibility index (Phi) is 2.35. The van der Waals surface area contributed by atoms with Crippen molar-refractivity contribution in [3.8, 4) is 0 Å². The van der Waals surface area contributed by atoms with Gasteiger partial charge in [-0.05, 0) is 0 Å². The molecule has 0 spiro atoms. The van der Waals surface area contributed by atoms with Gasteiger partial charge in [0.25, 0.3) is 0 Å². The maximum absolute atomic E-state index is 8.44. The summed E-state index contributed by atoms with van der Waals surface area (Å²) in [6.45, 7) is 0.293. The van der Waals surface area contributed by atoms with E-state index in [1.165, 1.54) is 0 Å². The fourth-order valence-corrected chi connectivity index (χ4v) is 0.570. The Morgan fingerprint density at radius 3 is 2.90 bits per heavy atom. The smallest absolute Gasteiger partial charge is 0.229 e. The lowest BCUT2D eigenvalue weighted by atomic mass is 10.4. The molecule has 0 atom stereocenters. The quantitative estimate of drug-likeness (QED) is 0.570. The molecule has 0 aliphatic rings. The Balaban J connectivity index is 2.59. The Hall–Kier alpha value is -0.940. The number of aliphatic hydroxyl groups is 1. The van der Waals surface area contributed by atoms with E-state index in [-0.39, 0.29) is 13.2 Å². The highest BCUT2D eigenvalue weighted by Gasteiger charge is 2.01. The van der Waals surface area contributed by atoms with Gasteiger partial charge in [-0.15, -0.1) is 0 Å². The minimum absolute atomic E-state index is 0.0200. The van der Waals surface area contributed by atoms with Crippen molar-refractivity contribution in [2.45, 2.75) is 13.0 Å². The van der Waals surface area contributed by atoms with E-state index >= 15 is 0 Å².